The van der Waals surface area contributed by atoms with Crippen LogP contribution in [0.2, 0.25) is 5.02 Å². The Bertz CT molecular complexity index is 959. The van der Waals surface area contributed by atoms with E-state index in [0.717, 1.165) is 4.90 Å². The number of carboxylic acids is 1. The zero-order chi connectivity index (χ0) is 21.8. The van der Waals surface area contributed by atoms with E-state index in [9.17, 15) is 27.9 Å². The number of hydrogen-bond acceptors (Lipinski definition) is 6. The molecule has 0 saturated heterocycles. The van der Waals surface area contributed by atoms with E-state index in [2.05, 4.69) is 4.72 Å². The highest BCUT2D eigenvalue weighted by Crippen LogP contribution is 2.30. The third-order valence-electron chi connectivity index (χ3n) is 4.32. The van der Waals surface area contributed by atoms with Gasteiger partial charge in [-0.3, -0.25) is 9.52 Å². The molecule has 9 nitrogen and oxygen atoms in total. The summed E-state index contributed by atoms with van der Waals surface area (Å²) in [4.78, 5) is 36.1. The first-order valence-corrected chi connectivity index (χ1v) is 10.7. The van der Waals surface area contributed by atoms with Crippen LogP contribution in [0.25, 0.3) is 0 Å². The van der Waals surface area contributed by atoms with Crippen molar-refractivity contribution in [3.63, 3.8) is 0 Å². The molecule has 29 heavy (non-hydrogen) atoms. The van der Waals surface area contributed by atoms with Crippen molar-refractivity contribution in [2.75, 3.05) is 18.4 Å². The monoisotopic (exact) mass is 444 g/mol. The molecule has 158 valence electrons. The molecule has 1 aliphatic carbocycles. The van der Waals surface area contributed by atoms with Crippen molar-refractivity contribution in [2.24, 2.45) is 0 Å². The number of nitrogens with zero attached hydrogens (tertiary/aromatic N) is 1. The molecule has 1 aromatic rings. The normalized spacial score (nSPS) is 16.5. The van der Waals surface area contributed by atoms with E-state index in [1.165, 1.54) is 31.3 Å². The quantitative estimate of drug-likeness (QED) is 0.689. The Morgan fingerprint density at radius 1 is 1.34 bits per heavy atom. The van der Waals surface area contributed by atoms with E-state index in [-0.39, 0.29) is 34.9 Å². The number of carbonyl (C=O) groups is 3. The summed E-state index contributed by atoms with van der Waals surface area (Å²) in [7, 11) is -2.83. The van der Waals surface area contributed by atoms with E-state index in [1.54, 1.807) is 6.92 Å². The SMILES string of the molecule is CCOC(=O)N(C)C(=O)c1ccc(NS(=O)(=O)C2CCCC=C2C(=O)O)c(Cl)c1. The third-order valence-corrected chi connectivity index (χ3v) is 6.37. The number of aliphatic carboxylic acids is 1. The standard InChI is InChI=1S/C18H21ClN2O7S/c1-3-28-18(25)21(2)16(22)11-8-9-14(13(19)10-11)20-29(26,27)15-7-5-4-6-12(15)17(23)24/h6,8-10,15,20H,3-5,7H2,1-2H3,(H,23,24). The largest absolute Gasteiger partial charge is 0.478 e. The lowest BCUT2D eigenvalue weighted by Gasteiger charge is -2.23. The highest BCUT2D eigenvalue weighted by Gasteiger charge is 2.34. The topological polar surface area (TPSA) is 130 Å². The summed E-state index contributed by atoms with van der Waals surface area (Å²) in [6, 6.07) is 3.79. The van der Waals surface area contributed by atoms with Gasteiger partial charge in [-0.1, -0.05) is 17.7 Å². The first kappa shape index (κ1) is 22.7. The molecule has 0 bridgehead atoms. The molecule has 1 atom stereocenters. The Balaban J connectivity index is 2.23. The molecule has 11 heteroatoms. The zero-order valence-electron chi connectivity index (χ0n) is 15.8. The van der Waals surface area contributed by atoms with Crippen LogP contribution in [0.1, 0.15) is 36.5 Å². The van der Waals surface area contributed by atoms with Crippen LogP contribution in [-0.2, 0) is 19.6 Å². The number of halogens is 1. The number of rotatable bonds is 6. The predicted octanol–water partition coefficient (Wildman–Crippen LogP) is 2.87. The summed E-state index contributed by atoms with van der Waals surface area (Å²) < 4.78 is 32.5. The first-order valence-electron chi connectivity index (χ1n) is 8.77. The van der Waals surface area contributed by atoms with Crippen molar-refractivity contribution in [1.82, 2.24) is 4.90 Å². The number of anilines is 1. The van der Waals surface area contributed by atoms with Crippen molar-refractivity contribution in [3.8, 4) is 0 Å². The van der Waals surface area contributed by atoms with Crippen LogP contribution in [0, 0.1) is 0 Å². The Kier molecular flexibility index (Phi) is 7.26. The summed E-state index contributed by atoms with van der Waals surface area (Å²) in [5.41, 5.74) is -0.127. The molecule has 0 aromatic heterocycles. The number of benzene rings is 1. The van der Waals surface area contributed by atoms with Crippen molar-refractivity contribution >= 4 is 45.3 Å². The van der Waals surface area contributed by atoms with Gasteiger partial charge in [0.05, 0.1) is 22.9 Å². The maximum atomic E-state index is 12.7. The molecule has 2 amide bonds. The van der Waals surface area contributed by atoms with Gasteiger partial charge in [0.15, 0.2) is 0 Å². The molecule has 0 heterocycles. The van der Waals surface area contributed by atoms with E-state index < -0.39 is 33.2 Å². The molecule has 0 spiro atoms. The second-order valence-corrected chi connectivity index (χ2v) is 8.56. The second kappa shape index (κ2) is 9.27. The number of hydrogen-bond donors (Lipinski definition) is 2. The molecule has 0 saturated carbocycles. The average molecular weight is 445 g/mol. The van der Waals surface area contributed by atoms with Gasteiger partial charge in [-0.25, -0.2) is 22.9 Å². The number of amides is 2. The average Bonchev–Trinajstić information content (AvgIpc) is 2.68. The fraction of sp³-hybridized carbons (Fsp3) is 0.389. The van der Waals surface area contributed by atoms with Gasteiger partial charge in [0, 0.05) is 12.6 Å². The molecule has 0 aliphatic heterocycles. The van der Waals surface area contributed by atoms with Crippen LogP contribution in [0.15, 0.2) is 29.8 Å². The van der Waals surface area contributed by atoms with Gasteiger partial charge in [-0.05, 0) is 44.4 Å². The number of ether oxygens (including phenoxy) is 1. The summed E-state index contributed by atoms with van der Waals surface area (Å²) in [5.74, 6) is -1.96. The zero-order valence-corrected chi connectivity index (χ0v) is 17.4. The van der Waals surface area contributed by atoms with E-state index in [4.69, 9.17) is 16.3 Å². The van der Waals surface area contributed by atoms with Crippen molar-refractivity contribution < 1.29 is 32.6 Å². The molecule has 1 aromatic carbocycles. The van der Waals surface area contributed by atoms with E-state index in [1.807, 2.05) is 0 Å². The summed E-state index contributed by atoms with van der Waals surface area (Å²) in [5, 5.41) is 7.98. The van der Waals surface area contributed by atoms with Gasteiger partial charge in [0.1, 0.15) is 5.25 Å². The van der Waals surface area contributed by atoms with Crippen LogP contribution in [0.3, 0.4) is 0 Å². The highest BCUT2D eigenvalue weighted by atomic mass is 35.5. The van der Waals surface area contributed by atoms with Crippen molar-refractivity contribution in [1.29, 1.82) is 0 Å². The fourth-order valence-electron chi connectivity index (χ4n) is 2.85. The number of allylic oxidation sites excluding steroid dienone is 1. The van der Waals surface area contributed by atoms with Gasteiger partial charge >= 0.3 is 12.1 Å². The van der Waals surface area contributed by atoms with Crippen LogP contribution in [0.5, 0.6) is 0 Å². The second-order valence-electron chi connectivity index (χ2n) is 6.29. The molecule has 0 fully saturated rings. The third kappa shape index (κ3) is 5.27. The fourth-order valence-corrected chi connectivity index (χ4v) is 4.77. The molecule has 2 rings (SSSR count). The van der Waals surface area contributed by atoms with Crippen molar-refractivity contribution in [3.05, 3.63) is 40.4 Å². The van der Waals surface area contributed by atoms with Gasteiger partial charge < -0.3 is 9.84 Å². The maximum Gasteiger partial charge on any atom is 0.416 e. The summed E-state index contributed by atoms with van der Waals surface area (Å²) in [6.45, 7) is 1.71. The minimum Gasteiger partial charge on any atom is -0.478 e. The minimum atomic E-state index is -4.08. The van der Waals surface area contributed by atoms with Gasteiger partial charge in [0.2, 0.25) is 10.0 Å². The highest BCUT2D eigenvalue weighted by molar-refractivity contribution is 7.93. The number of imide groups is 1. The number of carbonyl (C=O) groups excluding carboxylic acids is 2. The molecular weight excluding hydrogens is 424 g/mol. The number of nitrogens with one attached hydrogen (secondary N) is 1. The Morgan fingerprint density at radius 3 is 2.62 bits per heavy atom. The van der Waals surface area contributed by atoms with Crippen LogP contribution >= 0.6 is 11.6 Å². The summed E-state index contributed by atoms with van der Waals surface area (Å²) in [6.07, 6.45) is 1.79. The van der Waals surface area contributed by atoms with Gasteiger partial charge in [0.25, 0.3) is 5.91 Å². The smallest absolute Gasteiger partial charge is 0.416 e. The molecule has 2 N–H and O–H groups in total. The van der Waals surface area contributed by atoms with Gasteiger partial charge in [-0.2, -0.15) is 0 Å². The first-order chi connectivity index (χ1) is 13.6. The lowest BCUT2D eigenvalue weighted by molar-refractivity contribution is -0.132. The Labute approximate surface area is 173 Å². The maximum absolute atomic E-state index is 12.7. The molecule has 0 radical (unpaired) electrons. The lowest BCUT2D eigenvalue weighted by atomic mass is 9.99. The lowest BCUT2D eigenvalue weighted by Crippen LogP contribution is -2.34. The molecular formula is C18H21ClN2O7S. The molecule has 1 unspecified atom stereocenters. The minimum absolute atomic E-state index is 0.00248. The van der Waals surface area contributed by atoms with Crippen LogP contribution < -0.4 is 4.72 Å². The Hall–Kier alpha value is -2.59. The Morgan fingerprint density at radius 2 is 2.03 bits per heavy atom. The van der Waals surface area contributed by atoms with Crippen LogP contribution in [-0.4, -0.2) is 55.3 Å². The predicted molar refractivity (Wildman–Crippen MR) is 106 cm³/mol. The van der Waals surface area contributed by atoms with Crippen molar-refractivity contribution in [2.45, 2.75) is 31.4 Å². The van der Waals surface area contributed by atoms with Crippen LogP contribution in [0.4, 0.5) is 10.5 Å². The molecule has 1 aliphatic rings. The van der Waals surface area contributed by atoms with E-state index >= 15 is 0 Å². The summed E-state index contributed by atoms with van der Waals surface area (Å²) >= 11 is 6.12. The van der Waals surface area contributed by atoms with Gasteiger partial charge in [-0.15, -0.1) is 0 Å². The number of carboxylic acid groups (broad SMARTS) is 1. The van der Waals surface area contributed by atoms with E-state index in [0.29, 0.717) is 12.8 Å². The number of sulfonamides is 1.